The van der Waals surface area contributed by atoms with E-state index in [2.05, 4.69) is 67.8 Å². The van der Waals surface area contributed by atoms with Crippen molar-refractivity contribution in [1.82, 2.24) is 5.32 Å². The average Bonchev–Trinajstić information content (AvgIpc) is 3.25. The zero-order chi connectivity index (χ0) is 43.9. The number of rotatable bonds is 39. The molecule has 348 valence electrons. The minimum atomic E-state index is -1.62. The molecule has 0 saturated carbocycles. The predicted octanol–water partition coefficient (Wildman–Crippen LogP) is 9.36. The van der Waals surface area contributed by atoms with Crippen LogP contribution in [-0.2, 0) is 14.3 Å². The van der Waals surface area contributed by atoms with E-state index < -0.39 is 61.5 Å². The van der Waals surface area contributed by atoms with E-state index in [1.807, 2.05) is 6.08 Å². The Morgan fingerprint density at radius 2 is 1.03 bits per heavy atom. The highest BCUT2D eigenvalue weighted by Gasteiger charge is 2.44. The molecule has 1 amide bonds. The molecule has 0 aromatic heterocycles. The molecule has 8 atom stereocenters. The lowest BCUT2D eigenvalue weighted by atomic mass is 9.99. The Hall–Kier alpha value is -2.15. The molecule has 0 aliphatic carbocycles. The van der Waals surface area contributed by atoms with E-state index in [0.29, 0.717) is 12.8 Å². The fourth-order valence-corrected chi connectivity index (χ4v) is 7.16. The third kappa shape index (κ3) is 29.2. The van der Waals surface area contributed by atoms with Crippen LogP contribution >= 0.6 is 0 Å². The van der Waals surface area contributed by atoms with Crippen LogP contribution in [0, 0.1) is 0 Å². The first-order valence-corrected chi connectivity index (χ1v) is 24.1. The zero-order valence-corrected chi connectivity index (χ0v) is 37.8. The number of carbonyl (C=O) groups excluding carboxylic acids is 1. The molecule has 1 saturated heterocycles. The van der Waals surface area contributed by atoms with Gasteiger partial charge in [0, 0.05) is 0 Å². The number of nitrogens with one attached hydrogen (secondary N) is 1. The minimum Gasteiger partial charge on any atom is -0.394 e. The number of unbranched alkanes of at least 4 members (excludes halogenated alkanes) is 20. The van der Waals surface area contributed by atoms with Gasteiger partial charge >= 0.3 is 0 Å². The maximum atomic E-state index is 13.0. The highest BCUT2D eigenvalue weighted by atomic mass is 16.7. The molecule has 10 nitrogen and oxygen atoms in total. The number of hydrogen-bond donors (Lipinski definition) is 7. The van der Waals surface area contributed by atoms with Gasteiger partial charge in [-0.05, 0) is 77.0 Å². The number of ether oxygens (including phenoxy) is 2. The van der Waals surface area contributed by atoms with Gasteiger partial charge < -0.3 is 45.4 Å². The molecule has 0 aromatic rings. The van der Waals surface area contributed by atoms with Crippen molar-refractivity contribution in [3.8, 4) is 0 Å². The van der Waals surface area contributed by atoms with E-state index >= 15 is 0 Å². The van der Waals surface area contributed by atoms with Gasteiger partial charge in [0.25, 0.3) is 0 Å². The minimum absolute atomic E-state index is 0.286. The monoisotopic (exact) mass is 848 g/mol. The van der Waals surface area contributed by atoms with Crippen LogP contribution < -0.4 is 5.32 Å². The molecule has 60 heavy (non-hydrogen) atoms. The first kappa shape index (κ1) is 55.9. The number of allylic oxidation sites excluding steroid dienone is 9. The lowest BCUT2D eigenvalue weighted by molar-refractivity contribution is -0.302. The molecule has 1 heterocycles. The van der Waals surface area contributed by atoms with Crippen molar-refractivity contribution in [1.29, 1.82) is 0 Å². The summed E-state index contributed by atoms with van der Waals surface area (Å²) >= 11 is 0. The maximum Gasteiger partial charge on any atom is 0.249 e. The summed E-state index contributed by atoms with van der Waals surface area (Å²) in [5.41, 5.74) is 0. The van der Waals surface area contributed by atoms with Gasteiger partial charge in [0.15, 0.2) is 6.29 Å². The van der Waals surface area contributed by atoms with E-state index in [1.165, 1.54) is 83.5 Å². The number of aliphatic hydroxyl groups is 6. The molecule has 10 heteroatoms. The van der Waals surface area contributed by atoms with Crippen molar-refractivity contribution in [2.45, 2.75) is 236 Å². The average molecular weight is 848 g/mol. The molecule has 1 rings (SSSR count). The van der Waals surface area contributed by atoms with E-state index in [-0.39, 0.29) is 13.0 Å². The summed E-state index contributed by atoms with van der Waals surface area (Å²) in [5.74, 6) is -0.641. The Morgan fingerprint density at radius 1 is 0.583 bits per heavy atom. The second-order valence-corrected chi connectivity index (χ2v) is 16.7. The molecule has 1 fully saturated rings. The molecule has 0 radical (unpaired) electrons. The molecule has 1 aliphatic rings. The van der Waals surface area contributed by atoms with Gasteiger partial charge in [0.1, 0.15) is 30.5 Å². The van der Waals surface area contributed by atoms with E-state index in [0.717, 1.165) is 70.6 Å². The molecule has 1 aliphatic heterocycles. The van der Waals surface area contributed by atoms with Crippen LogP contribution in [0.3, 0.4) is 0 Å². The van der Waals surface area contributed by atoms with Gasteiger partial charge in [0.2, 0.25) is 5.91 Å². The summed E-state index contributed by atoms with van der Waals surface area (Å²) in [4.78, 5) is 13.0. The summed E-state index contributed by atoms with van der Waals surface area (Å²) in [7, 11) is 0. The van der Waals surface area contributed by atoms with Crippen molar-refractivity contribution >= 4 is 5.91 Å². The van der Waals surface area contributed by atoms with E-state index in [4.69, 9.17) is 9.47 Å². The Kier molecular flexibility index (Phi) is 36.9. The van der Waals surface area contributed by atoms with Gasteiger partial charge in [-0.1, -0.05) is 171 Å². The van der Waals surface area contributed by atoms with Gasteiger partial charge in [-0.2, -0.15) is 0 Å². The topological polar surface area (TPSA) is 169 Å². The number of aliphatic hydroxyl groups excluding tert-OH is 6. The second-order valence-electron chi connectivity index (χ2n) is 16.7. The standard InChI is InChI=1S/C50H89NO9/c1-3-5-7-9-11-13-15-17-18-19-20-21-22-23-24-25-27-29-31-33-35-37-39-44(54)49(58)51-42(41-59-50-48(57)47(56)46(55)45(40-52)60-50)43(53)38-36-34-32-30-28-26-16-14-12-10-8-6-4-2/h12,14,20-21,23-24,28,30,36,38,42-48,50,52-57H,3-11,13,15-19,22,25-27,29,31-35,37,39-41H2,1-2H3,(H,51,58)/b14-12+,21-20-,24-23-,30-28+,38-36+. The van der Waals surface area contributed by atoms with E-state index in [1.54, 1.807) is 6.08 Å². The second kappa shape index (κ2) is 39.7. The molecular weight excluding hydrogens is 759 g/mol. The lowest BCUT2D eigenvalue weighted by Crippen LogP contribution is -2.60. The number of amides is 1. The van der Waals surface area contributed by atoms with Crippen LogP contribution in [0.5, 0.6) is 0 Å². The smallest absolute Gasteiger partial charge is 0.249 e. The van der Waals surface area contributed by atoms with Crippen molar-refractivity contribution in [3.63, 3.8) is 0 Å². The molecule has 0 bridgehead atoms. The van der Waals surface area contributed by atoms with E-state index in [9.17, 15) is 35.4 Å². The fraction of sp³-hybridized carbons (Fsp3) is 0.780. The van der Waals surface area contributed by atoms with Crippen LogP contribution in [0.1, 0.15) is 187 Å². The SMILES string of the molecule is CCCCC/C=C/CC/C=C/CC/C=C/C(O)C(COC1OC(CO)C(O)C(O)C1O)NC(=O)C(O)CCCCCCCC/C=C\C/C=C\CCCCCCCCCCC. The Balaban J connectivity index is 2.39. The van der Waals surface area contributed by atoms with Crippen LogP contribution in [0.15, 0.2) is 60.8 Å². The summed E-state index contributed by atoms with van der Waals surface area (Å²) in [6, 6.07) is -1.01. The fourth-order valence-electron chi connectivity index (χ4n) is 7.16. The highest BCUT2D eigenvalue weighted by molar-refractivity contribution is 5.80. The van der Waals surface area contributed by atoms with Crippen LogP contribution in [0.2, 0.25) is 0 Å². The largest absolute Gasteiger partial charge is 0.394 e. The van der Waals surface area contributed by atoms with Crippen molar-refractivity contribution in [2.24, 2.45) is 0 Å². The van der Waals surface area contributed by atoms with Gasteiger partial charge in [-0.3, -0.25) is 4.79 Å². The maximum absolute atomic E-state index is 13.0. The van der Waals surface area contributed by atoms with Crippen molar-refractivity contribution in [2.75, 3.05) is 13.2 Å². The third-order valence-corrected chi connectivity index (χ3v) is 11.2. The third-order valence-electron chi connectivity index (χ3n) is 11.2. The summed E-state index contributed by atoms with van der Waals surface area (Å²) in [5, 5.41) is 64.6. The number of hydrogen-bond acceptors (Lipinski definition) is 9. The molecule has 0 aromatic carbocycles. The summed E-state index contributed by atoms with van der Waals surface area (Å²) in [6.07, 6.45) is 41.7. The van der Waals surface area contributed by atoms with Crippen LogP contribution in [0.4, 0.5) is 0 Å². The predicted molar refractivity (Wildman–Crippen MR) is 245 cm³/mol. The zero-order valence-electron chi connectivity index (χ0n) is 37.8. The van der Waals surface area contributed by atoms with Gasteiger partial charge in [0.05, 0.1) is 25.4 Å². The molecular formula is C50H89NO9. The first-order valence-electron chi connectivity index (χ1n) is 24.1. The summed E-state index contributed by atoms with van der Waals surface area (Å²) in [6.45, 7) is 3.53. The van der Waals surface area contributed by atoms with Crippen LogP contribution in [-0.4, -0.2) is 98.7 Å². The van der Waals surface area contributed by atoms with Crippen LogP contribution in [0.25, 0.3) is 0 Å². The molecule has 7 N–H and O–H groups in total. The number of carbonyl (C=O) groups is 1. The normalized spacial score (nSPS) is 21.6. The Labute approximate surface area is 365 Å². The first-order chi connectivity index (χ1) is 29.3. The molecule has 8 unspecified atom stereocenters. The Morgan fingerprint density at radius 3 is 1.58 bits per heavy atom. The lowest BCUT2D eigenvalue weighted by Gasteiger charge is -2.40. The van der Waals surface area contributed by atoms with Gasteiger partial charge in [-0.15, -0.1) is 0 Å². The van der Waals surface area contributed by atoms with Gasteiger partial charge in [-0.25, -0.2) is 0 Å². The quantitative estimate of drug-likeness (QED) is 0.0236. The van der Waals surface area contributed by atoms with Crippen molar-refractivity contribution < 1.29 is 44.9 Å². The summed E-state index contributed by atoms with van der Waals surface area (Å²) < 4.78 is 11.1. The van der Waals surface area contributed by atoms with Crippen molar-refractivity contribution in [3.05, 3.63) is 60.8 Å². The highest BCUT2D eigenvalue weighted by Crippen LogP contribution is 2.22. The Bertz CT molecular complexity index is 1140. The molecule has 0 spiro atoms.